The van der Waals surface area contributed by atoms with Gasteiger partial charge in [0.05, 0.1) is 6.20 Å². The van der Waals surface area contributed by atoms with Crippen molar-refractivity contribution in [3.63, 3.8) is 0 Å². The van der Waals surface area contributed by atoms with Gasteiger partial charge in [0, 0.05) is 25.7 Å². The number of hydrogen-bond acceptors (Lipinski definition) is 4. The topological polar surface area (TPSA) is 19.4 Å². The van der Waals surface area contributed by atoms with Crippen LogP contribution in [0.15, 0.2) is 6.20 Å². The highest BCUT2D eigenvalue weighted by molar-refractivity contribution is 7.15. The summed E-state index contributed by atoms with van der Waals surface area (Å²) in [6.07, 6.45) is 0.288. The van der Waals surface area contributed by atoms with Crippen LogP contribution >= 0.6 is 11.3 Å². The highest BCUT2D eigenvalue weighted by Gasteiger charge is 2.35. The van der Waals surface area contributed by atoms with Crippen LogP contribution in [0.4, 0.5) is 18.3 Å². The van der Waals surface area contributed by atoms with E-state index >= 15 is 0 Å². The first-order chi connectivity index (χ1) is 9.04. The third kappa shape index (κ3) is 2.72. The largest absolute Gasteiger partial charge is 0.427 e. The predicted octanol–water partition coefficient (Wildman–Crippen LogP) is 2.84. The maximum absolute atomic E-state index is 12.6. The maximum atomic E-state index is 12.6. The molecule has 2 aliphatic rings. The number of aromatic nitrogens is 1. The zero-order valence-corrected chi connectivity index (χ0v) is 11.3. The van der Waals surface area contributed by atoms with E-state index in [1.807, 2.05) is 4.90 Å². The summed E-state index contributed by atoms with van der Waals surface area (Å²) in [6.45, 7) is 3.65. The Kier molecular flexibility index (Phi) is 3.42. The van der Waals surface area contributed by atoms with E-state index in [1.54, 1.807) is 0 Å². The van der Waals surface area contributed by atoms with Crippen LogP contribution in [0.2, 0.25) is 0 Å². The molecule has 2 fully saturated rings. The highest BCUT2D eigenvalue weighted by Crippen LogP contribution is 2.37. The molecule has 3 rings (SSSR count). The summed E-state index contributed by atoms with van der Waals surface area (Å²) in [4.78, 5) is 7.81. The second-order valence-corrected chi connectivity index (χ2v) is 6.15. The number of anilines is 1. The van der Waals surface area contributed by atoms with Gasteiger partial charge < -0.3 is 4.90 Å². The lowest BCUT2D eigenvalue weighted by Crippen LogP contribution is -2.54. The Labute approximate surface area is 114 Å². The molecule has 1 aromatic heterocycles. The quantitative estimate of drug-likeness (QED) is 0.793. The molecule has 0 spiro atoms. The fourth-order valence-electron chi connectivity index (χ4n) is 2.87. The number of nitrogens with zero attached hydrogens (tertiary/aromatic N) is 3. The van der Waals surface area contributed by atoms with Gasteiger partial charge in [-0.2, -0.15) is 13.2 Å². The molecule has 0 bridgehead atoms. The molecule has 3 heterocycles. The standard InChI is InChI=1S/C12H16F3N3S/c13-12(14,15)10-7-16-11(19-10)18-6-5-17-4-2-1-3-9(17)8-18/h7,9H,1-6,8H2. The van der Waals surface area contributed by atoms with Crippen LogP contribution < -0.4 is 4.90 Å². The number of halogens is 3. The molecule has 2 saturated heterocycles. The van der Waals surface area contributed by atoms with Crippen LogP contribution in [-0.2, 0) is 6.18 Å². The van der Waals surface area contributed by atoms with Crippen LogP contribution in [0.25, 0.3) is 0 Å². The maximum Gasteiger partial charge on any atom is 0.427 e. The van der Waals surface area contributed by atoms with Gasteiger partial charge in [-0.3, -0.25) is 4.90 Å². The lowest BCUT2D eigenvalue weighted by atomic mass is 10.00. The first-order valence-corrected chi connectivity index (χ1v) is 7.38. The van der Waals surface area contributed by atoms with Gasteiger partial charge in [-0.05, 0) is 19.4 Å². The predicted molar refractivity (Wildman–Crippen MR) is 68.5 cm³/mol. The summed E-state index contributed by atoms with van der Waals surface area (Å²) in [5, 5.41) is 0.512. The van der Waals surface area contributed by atoms with Gasteiger partial charge >= 0.3 is 6.18 Å². The smallest absolute Gasteiger partial charge is 0.345 e. The number of hydrogen-bond donors (Lipinski definition) is 0. The molecular weight excluding hydrogens is 275 g/mol. The molecular formula is C12H16F3N3S. The lowest BCUT2D eigenvalue weighted by Gasteiger charge is -2.43. The molecule has 0 radical (unpaired) electrons. The van der Waals surface area contributed by atoms with Gasteiger partial charge in [0.15, 0.2) is 5.13 Å². The molecule has 0 N–H and O–H groups in total. The number of piperidine rings is 1. The van der Waals surface area contributed by atoms with Crippen LogP contribution in [0.3, 0.4) is 0 Å². The average Bonchev–Trinajstić information content (AvgIpc) is 2.87. The molecule has 106 valence electrons. The molecule has 3 nitrogen and oxygen atoms in total. The number of alkyl halides is 3. The third-order valence-electron chi connectivity index (χ3n) is 3.88. The normalized spacial score (nSPS) is 25.4. The van der Waals surface area contributed by atoms with E-state index in [1.165, 1.54) is 12.8 Å². The number of piperazine rings is 1. The monoisotopic (exact) mass is 291 g/mol. The van der Waals surface area contributed by atoms with Crippen molar-refractivity contribution >= 4 is 16.5 Å². The highest BCUT2D eigenvalue weighted by atomic mass is 32.1. The van der Waals surface area contributed by atoms with E-state index < -0.39 is 11.1 Å². The van der Waals surface area contributed by atoms with Gasteiger partial charge in [-0.25, -0.2) is 4.98 Å². The van der Waals surface area contributed by atoms with Crippen LogP contribution in [0.1, 0.15) is 24.1 Å². The SMILES string of the molecule is FC(F)(F)c1cnc(N2CCN3CCCCC3C2)s1. The van der Waals surface area contributed by atoms with Crippen LogP contribution in [-0.4, -0.2) is 42.1 Å². The summed E-state index contributed by atoms with van der Waals surface area (Å²) < 4.78 is 37.7. The molecule has 19 heavy (non-hydrogen) atoms. The van der Waals surface area contributed by atoms with Gasteiger partial charge in [-0.1, -0.05) is 17.8 Å². The first-order valence-electron chi connectivity index (χ1n) is 6.56. The van der Waals surface area contributed by atoms with Crippen molar-refractivity contribution in [3.8, 4) is 0 Å². The van der Waals surface area contributed by atoms with Crippen molar-refractivity contribution < 1.29 is 13.2 Å². The summed E-state index contributed by atoms with van der Waals surface area (Å²) in [5.74, 6) is 0. The summed E-state index contributed by atoms with van der Waals surface area (Å²) in [7, 11) is 0. The Bertz CT molecular complexity index is 446. The summed E-state index contributed by atoms with van der Waals surface area (Å²) in [5.41, 5.74) is 0. The van der Waals surface area contributed by atoms with Crippen LogP contribution in [0, 0.1) is 0 Å². The first kappa shape index (κ1) is 13.2. The Morgan fingerprint density at radius 1 is 1.21 bits per heavy atom. The molecule has 1 unspecified atom stereocenters. The van der Waals surface area contributed by atoms with Gasteiger partial charge in [-0.15, -0.1) is 0 Å². The van der Waals surface area contributed by atoms with E-state index in [0.29, 0.717) is 11.2 Å². The Morgan fingerprint density at radius 3 is 2.79 bits per heavy atom. The van der Waals surface area contributed by atoms with Crippen molar-refractivity contribution in [2.45, 2.75) is 31.5 Å². The van der Waals surface area contributed by atoms with Crippen molar-refractivity contribution in [1.82, 2.24) is 9.88 Å². The van der Waals surface area contributed by atoms with E-state index in [0.717, 1.165) is 50.1 Å². The second-order valence-electron chi connectivity index (χ2n) is 5.14. The van der Waals surface area contributed by atoms with Crippen molar-refractivity contribution in [3.05, 3.63) is 11.1 Å². The molecule has 1 aromatic rings. The van der Waals surface area contributed by atoms with Gasteiger partial charge in [0.25, 0.3) is 0 Å². The van der Waals surface area contributed by atoms with Crippen molar-refractivity contribution in [1.29, 1.82) is 0 Å². The fraction of sp³-hybridized carbons (Fsp3) is 0.750. The van der Waals surface area contributed by atoms with Gasteiger partial charge in [0.2, 0.25) is 0 Å². The zero-order valence-electron chi connectivity index (χ0n) is 10.5. The van der Waals surface area contributed by atoms with E-state index in [2.05, 4.69) is 9.88 Å². The Morgan fingerprint density at radius 2 is 2.05 bits per heavy atom. The second kappa shape index (κ2) is 4.94. The molecule has 0 aromatic carbocycles. The molecule has 0 saturated carbocycles. The van der Waals surface area contributed by atoms with Crippen molar-refractivity contribution in [2.24, 2.45) is 0 Å². The number of fused-ring (bicyclic) bond motifs is 1. The van der Waals surface area contributed by atoms with Crippen molar-refractivity contribution in [2.75, 3.05) is 31.1 Å². The molecule has 0 aliphatic carbocycles. The van der Waals surface area contributed by atoms with Gasteiger partial charge in [0.1, 0.15) is 4.88 Å². The molecule has 2 aliphatic heterocycles. The van der Waals surface area contributed by atoms with Crippen LogP contribution in [0.5, 0.6) is 0 Å². The number of thiazole rings is 1. The minimum Gasteiger partial charge on any atom is -0.345 e. The zero-order chi connectivity index (χ0) is 13.5. The number of rotatable bonds is 1. The average molecular weight is 291 g/mol. The molecule has 7 heteroatoms. The van der Waals surface area contributed by atoms with E-state index in [-0.39, 0.29) is 0 Å². The van der Waals surface area contributed by atoms with E-state index in [9.17, 15) is 13.2 Å². The summed E-state index contributed by atoms with van der Waals surface area (Å²) in [6, 6.07) is 0.487. The third-order valence-corrected chi connectivity index (χ3v) is 4.98. The molecule has 0 amide bonds. The lowest BCUT2D eigenvalue weighted by molar-refractivity contribution is -0.134. The summed E-state index contributed by atoms with van der Waals surface area (Å²) >= 11 is 0.757. The Hall–Kier alpha value is -0.820. The molecule has 1 atom stereocenters. The Balaban J connectivity index is 1.71. The van der Waals surface area contributed by atoms with E-state index in [4.69, 9.17) is 0 Å². The fourth-order valence-corrected chi connectivity index (χ4v) is 3.69. The minimum absolute atomic E-state index is 0.487. The minimum atomic E-state index is -4.28.